The van der Waals surface area contributed by atoms with Crippen molar-refractivity contribution in [2.45, 2.75) is 32.4 Å². The van der Waals surface area contributed by atoms with Crippen LogP contribution in [0.2, 0.25) is 0 Å². The van der Waals surface area contributed by atoms with Gasteiger partial charge < -0.3 is 11.1 Å². The van der Waals surface area contributed by atoms with Gasteiger partial charge in [-0.25, -0.2) is 0 Å². The highest BCUT2D eigenvalue weighted by Gasteiger charge is 2.14. The molecule has 1 unspecified atom stereocenters. The molecule has 15 heavy (non-hydrogen) atoms. The van der Waals surface area contributed by atoms with Crippen molar-refractivity contribution < 1.29 is 4.79 Å². The Bertz CT molecular complexity index is 312. The van der Waals surface area contributed by atoms with Crippen LogP contribution in [0.5, 0.6) is 0 Å². The highest BCUT2D eigenvalue weighted by Crippen LogP contribution is 1.98. The van der Waals surface area contributed by atoms with Gasteiger partial charge in [0.1, 0.15) is 0 Å². The molecule has 0 spiro atoms. The van der Waals surface area contributed by atoms with E-state index < -0.39 is 6.04 Å². The molecule has 1 aromatic rings. The molecule has 0 aliphatic heterocycles. The minimum Gasteiger partial charge on any atom is -0.353 e. The van der Waals surface area contributed by atoms with E-state index in [-0.39, 0.29) is 11.9 Å². The van der Waals surface area contributed by atoms with Gasteiger partial charge in [0.2, 0.25) is 5.91 Å². The maximum Gasteiger partial charge on any atom is 0.237 e. The fraction of sp³-hybridized carbons (Fsp3) is 0.500. The van der Waals surface area contributed by atoms with Gasteiger partial charge >= 0.3 is 0 Å². The third-order valence-corrected chi connectivity index (χ3v) is 1.87. The number of hydrogen-bond acceptors (Lipinski definition) is 4. The van der Waals surface area contributed by atoms with Gasteiger partial charge in [-0.3, -0.25) is 4.79 Å². The Balaban J connectivity index is 2.49. The second-order valence-corrected chi connectivity index (χ2v) is 3.72. The quantitative estimate of drug-likeness (QED) is 0.722. The van der Waals surface area contributed by atoms with Gasteiger partial charge in [0, 0.05) is 12.2 Å². The molecule has 5 heteroatoms. The average molecular weight is 208 g/mol. The summed E-state index contributed by atoms with van der Waals surface area (Å²) in [7, 11) is 0. The monoisotopic (exact) mass is 208 g/mol. The first-order valence-electron chi connectivity index (χ1n) is 4.91. The summed E-state index contributed by atoms with van der Waals surface area (Å²) in [5, 5.41) is 10.1. The van der Waals surface area contributed by atoms with Crippen LogP contribution in [0.15, 0.2) is 18.5 Å². The van der Waals surface area contributed by atoms with Crippen LogP contribution in [0, 0.1) is 0 Å². The van der Waals surface area contributed by atoms with Crippen LogP contribution >= 0.6 is 0 Å². The lowest BCUT2D eigenvalue weighted by Gasteiger charge is -2.14. The number of aromatic nitrogens is 2. The maximum absolute atomic E-state index is 11.5. The van der Waals surface area contributed by atoms with Gasteiger partial charge in [0.25, 0.3) is 0 Å². The Kier molecular flexibility index (Phi) is 4.17. The zero-order valence-corrected chi connectivity index (χ0v) is 8.97. The predicted molar refractivity (Wildman–Crippen MR) is 57.0 cm³/mol. The van der Waals surface area contributed by atoms with E-state index in [4.69, 9.17) is 5.73 Å². The van der Waals surface area contributed by atoms with E-state index in [0.29, 0.717) is 6.42 Å². The molecule has 3 N–H and O–H groups in total. The minimum atomic E-state index is -0.531. The van der Waals surface area contributed by atoms with Gasteiger partial charge in [-0.15, -0.1) is 0 Å². The lowest BCUT2D eigenvalue weighted by Crippen LogP contribution is -2.44. The predicted octanol–water partition coefficient (Wildman–Crippen LogP) is -0.129. The fourth-order valence-electron chi connectivity index (χ4n) is 1.18. The van der Waals surface area contributed by atoms with Gasteiger partial charge in [-0.1, -0.05) is 0 Å². The summed E-state index contributed by atoms with van der Waals surface area (Å²) in [6, 6.07) is 1.38. The molecule has 0 radical (unpaired) electrons. The standard InChI is InChI=1S/C10H16N4O/c1-7(2)14-10(15)9(11)5-8-3-4-12-13-6-8/h3-4,6-7,9H,5,11H2,1-2H3,(H,14,15). The Morgan fingerprint density at radius 1 is 1.53 bits per heavy atom. The second kappa shape index (κ2) is 5.41. The zero-order chi connectivity index (χ0) is 11.3. The van der Waals surface area contributed by atoms with Gasteiger partial charge in [-0.05, 0) is 31.9 Å². The highest BCUT2D eigenvalue weighted by molar-refractivity contribution is 5.81. The van der Waals surface area contributed by atoms with Crippen LogP contribution in [0.25, 0.3) is 0 Å². The van der Waals surface area contributed by atoms with Crippen LogP contribution in [0.1, 0.15) is 19.4 Å². The highest BCUT2D eigenvalue weighted by atomic mass is 16.2. The van der Waals surface area contributed by atoms with Crippen molar-refractivity contribution >= 4 is 5.91 Å². The smallest absolute Gasteiger partial charge is 0.237 e. The molecular weight excluding hydrogens is 192 g/mol. The number of nitrogens with zero attached hydrogens (tertiary/aromatic N) is 2. The number of rotatable bonds is 4. The number of carbonyl (C=O) groups is 1. The Labute approximate surface area is 89.1 Å². The topological polar surface area (TPSA) is 80.9 Å². The van der Waals surface area contributed by atoms with Crippen molar-refractivity contribution in [3.63, 3.8) is 0 Å². The summed E-state index contributed by atoms with van der Waals surface area (Å²) in [4.78, 5) is 11.5. The van der Waals surface area contributed by atoms with Gasteiger partial charge in [0.15, 0.2) is 0 Å². The van der Waals surface area contributed by atoms with E-state index in [1.807, 2.05) is 13.8 Å². The summed E-state index contributed by atoms with van der Waals surface area (Å²) in [6.07, 6.45) is 3.68. The lowest BCUT2D eigenvalue weighted by molar-refractivity contribution is -0.122. The normalized spacial score (nSPS) is 12.5. The Morgan fingerprint density at radius 3 is 2.80 bits per heavy atom. The number of carbonyl (C=O) groups excluding carboxylic acids is 1. The maximum atomic E-state index is 11.5. The number of nitrogens with one attached hydrogen (secondary N) is 1. The summed E-state index contributed by atoms with van der Waals surface area (Å²) >= 11 is 0. The van der Waals surface area contributed by atoms with Crippen LogP contribution in [0.4, 0.5) is 0 Å². The van der Waals surface area contributed by atoms with E-state index in [0.717, 1.165) is 5.56 Å². The molecule has 0 aliphatic carbocycles. The molecule has 0 fully saturated rings. The average Bonchev–Trinajstić information content (AvgIpc) is 2.18. The van der Waals surface area contributed by atoms with Crippen LogP contribution in [0.3, 0.4) is 0 Å². The largest absolute Gasteiger partial charge is 0.353 e. The SMILES string of the molecule is CC(C)NC(=O)C(N)Cc1ccnnc1. The Hall–Kier alpha value is -1.49. The van der Waals surface area contributed by atoms with Crippen molar-refractivity contribution in [3.05, 3.63) is 24.0 Å². The lowest BCUT2D eigenvalue weighted by atomic mass is 10.1. The van der Waals surface area contributed by atoms with Crippen molar-refractivity contribution in [1.82, 2.24) is 15.5 Å². The molecule has 0 saturated heterocycles. The van der Waals surface area contributed by atoms with Crippen molar-refractivity contribution in [3.8, 4) is 0 Å². The van der Waals surface area contributed by atoms with E-state index in [1.54, 1.807) is 18.5 Å². The van der Waals surface area contributed by atoms with Crippen molar-refractivity contribution in [2.24, 2.45) is 5.73 Å². The summed E-state index contributed by atoms with van der Waals surface area (Å²) in [6.45, 7) is 3.80. The first kappa shape index (κ1) is 11.6. The third kappa shape index (κ3) is 4.03. The zero-order valence-electron chi connectivity index (χ0n) is 8.97. The van der Waals surface area contributed by atoms with Gasteiger partial charge in [0.05, 0.1) is 12.2 Å². The van der Waals surface area contributed by atoms with E-state index >= 15 is 0 Å². The van der Waals surface area contributed by atoms with E-state index in [9.17, 15) is 4.79 Å². The summed E-state index contributed by atoms with van der Waals surface area (Å²) < 4.78 is 0. The molecule has 1 heterocycles. The molecule has 1 rings (SSSR count). The first-order chi connectivity index (χ1) is 7.09. The second-order valence-electron chi connectivity index (χ2n) is 3.72. The van der Waals surface area contributed by atoms with Crippen LogP contribution in [-0.2, 0) is 11.2 Å². The van der Waals surface area contributed by atoms with Crippen molar-refractivity contribution in [1.29, 1.82) is 0 Å². The molecule has 0 aliphatic rings. The van der Waals surface area contributed by atoms with Crippen LogP contribution in [-0.4, -0.2) is 28.2 Å². The summed E-state index contributed by atoms with van der Waals surface area (Å²) in [5.41, 5.74) is 6.65. The molecule has 1 atom stereocenters. The fourth-order valence-corrected chi connectivity index (χ4v) is 1.18. The number of nitrogens with two attached hydrogens (primary N) is 1. The van der Waals surface area contributed by atoms with Crippen LogP contribution < -0.4 is 11.1 Å². The number of amides is 1. The van der Waals surface area contributed by atoms with E-state index in [1.165, 1.54) is 0 Å². The molecule has 0 saturated carbocycles. The molecule has 1 amide bonds. The van der Waals surface area contributed by atoms with E-state index in [2.05, 4.69) is 15.5 Å². The summed E-state index contributed by atoms with van der Waals surface area (Å²) in [5.74, 6) is -0.137. The Morgan fingerprint density at radius 2 is 2.27 bits per heavy atom. The van der Waals surface area contributed by atoms with Gasteiger partial charge in [-0.2, -0.15) is 10.2 Å². The minimum absolute atomic E-state index is 0.110. The molecule has 0 bridgehead atoms. The molecule has 0 aromatic carbocycles. The molecule has 82 valence electrons. The number of hydrogen-bond donors (Lipinski definition) is 2. The molecule has 1 aromatic heterocycles. The first-order valence-corrected chi connectivity index (χ1v) is 4.91. The van der Waals surface area contributed by atoms with Crippen molar-refractivity contribution in [2.75, 3.05) is 0 Å². The third-order valence-electron chi connectivity index (χ3n) is 1.87. The molecule has 5 nitrogen and oxygen atoms in total. The molecular formula is C10H16N4O.